The van der Waals surface area contributed by atoms with Crippen LogP contribution in [0.25, 0.3) is 0 Å². The summed E-state index contributed by atoms with van der Waals surface area (Å²) in [4.78, 5) is 4.63. The molecule has 0 amide bonds. The Labute approximate surface area is 133 Å². The summed E-state index contributed by atoms with van der Waals surface area (Å²) >= 11 is 1.29. The van der Waals surface area contributed by atoms with Gasteiger partial charge in [-0.1, -0.05) is 12.8 Å². The number of hydrogen-bond donors (Lipinski definition) is 2. The van der Waals surface area contributed by atoms with Crippen LogP contribution in [0.3, 0.4) is 0 Å². The van der Waals surface area contributed by atoms with Crippen molar-refractivity contribution in [2.24, 2.45) is 0 Å². The Bertz CT molecular complexity index is 705. The first-order valence-electron chi connectivity index (χ1n) is 7.16. The van der Waals surface area contributed by atoms with Crippen LogP contribution in [-0.4, -0.2) is 34.8 Å². The van der Waals surface area contributed by atoms with Crippen molar-refractivity contribution in [2.45, 2.75) is 42.7 Å². The van der Waals surface area contributed by atoms with Crippen molar-refractivity contribution in [1.82, 2.24) is 19.5 Å². The highest BCUT2D eigenvalue weighted by Gasteiger charge is 2.22. The van der Waals surface area contributed by atoms with E-state index in [4.69, 9.17) is 0 Å². The fraction of sp³-hybridized carbons (Fsp3) is 0.538. The molecule has 2 N–H and O–H groups in total. The van der Waals surface area contributed by atoms with Crippen LogP contribution in [0, 0.1) is 0 Å². The monoisotopic (exact) mass is 342 g/mol. The summed E-state index contributed by atoms with van der Waals surface area (Å²) in [6, 6.07) is 0.298. The molecule has 1 aliphatic carbocycles. The van der Waals surface area contributed by atoms with Crippen molar-refractivity contribution in [3.63, 3.8) is 0 Å². The Hall–Kier alpha value is -1.29. The molecular weight excluding hydrogens is 324 g/mol. The van der Waals surface area contributed by atoms with E-state index in [1.54, 1.807) is 16.4 Å². The quantitative estimate of drug-likeness (QED) is 0.828. The lowest BCUT2D eigenvalue weighted by atomic mass is 10.3. The maximum atomic E-state index is 12.2. The van der Waals surface area contributed by atoms with Crippen LogP contribution in [0.1, 0.15) is 42.7 Å². The van der Waals surface area contributed by atoms with Crippen LogP contribution in [0.2, 0.25) is 0 Å². The van der Waals surface area contributed by atoms with E-state index in [1.807, 2.05) is 0 Å². The lowest BCUT2D eigenvalue weighted by molar-refractivity contribution is 0.185. The van der Waals surface area contributed by atoms with Crippen molar-refractivity contribution in [1.29, 1.82) is 0 Å². The Morgan fingerprint density at radius 1 is 1.41 bits per heavy atom. The molecule has 1 aliphatic rings. The number of aromatic nitrogens is 3. The molecule has 1 atom stereocenters. The molecule has 9 heteroatoms. The maximum Gasteiger partial charge on any atom is 0.243 e. The second-order valence-electron chi connectivity index (χ2n) is 5.37. The molecule has 0 aliphatic heterocycles. The normalized spacial score (nSPS) is 17.9. The van der Waals surface area contributed by atoms with E-state index in [2.05, 4.69) is 14.8 Å². The highest BCUT2D eigenvalue weighted by Crippen LogP contribution is 2.29. The first-order valence-corrected chi connectivity index (χ1v) is 9.53. The minimum absolute atomic E-state index is 0.0842. The number of rotatable bonds is 6. The zero-order valence-corrected chi connectivity index (χ0v) is 13.6. The Morgan fingerprint density at radius 2 is 2.18 bits per heavy atom. The molecule has 120 valence electrons. The lowest BCUT2D eigenvalue weighted by Crippen LogP contribution is -2.28. The van der Waals surface area contributed by atoms with Gasteiger partial charge in [0.25, 0.3) is 0 Å². The fourth-order valence-corrected chi connectivity index (χ4v) is 4.17. The van der Waals surface area contributed by atoms with Crippen LogP contribution in [0.15, 0.2) is 29.0 Å². The second-order valence-corrected chi connectivity index (χ2v) is 8.05. The molecule has 3 rings (SSSR count). The number of nitrogens with one attached hydrogen (secondary N) is 1. The molecule has 0 saturated heterocycles. The highest BCUT2D eigenvalue weighted by molar-refractivity contribution is 7.89. The summed E-state index contributed by atoms with van der Waals surface area (Å²) in [5.74, 6) is 0. The van der Waals surface area contributed by atoms with Gasteiger partial charge in [0, 0.05) is 18.9 Å². The van der Waals surface area contributed by atoms with E-state index in [0.717, 1.165) is 25.7 Å². The number of thiazole rings is 1. The van der Waals surface area contributed by atoms with E-state index in [-0.39, 0.29) is 11.4 Å². The van der Waals surface area contributed by atoms with Crippen LogP contribution in [0.4, 0.5) is 0 Å². The molecule has 1 unspecified atom stereocenters. The van der Waals surface area contributed by atoms with Gasteiger partial charge >= 0.3 is 0 Å². The van der Waals surface area contributed by atoms with Gasteiger partial charge in [-0.25, -0.2) is 13.1 Å². The summed E-state index contributed by atoms with van der Waals surface area (Å²) in [6.45, 7) is -0.0842. The Morgan fingerprint density at radius 3 is 2.86 bits per heavy atom. The average molecular weight is 342 g/mol. The molecule has 2 aromatic rings. The Balaban J connectivity index is 1.65. The molecule has 1 fully saturated rings. The van der Waals surface area contributed by atoms with E-state index >= 15 is 0 Å². The molecule has 1 saturated carbocycles. The second kappa shape index (κ2) is 6.45. The summed E-state index contributed by atoms with van der Waals surface area (Å²) in [6.07, 6.45) is 7.96. The van der Waals surface area contributed by atoms with Gasteiger partial charge in [-0.05, 0) is 12.8 Å². The first-order chi connectivity index (χ1) is 10.6. The van der Waals surface area contributed by atoms with Gasteiger partial charge < -0.3 is 5.11 Å². The molecule has 0 bridgehead atoms. The van der Waals surface area contributed by atoms with E-state index in [9.17, 15) is 13.5 Å². The van der Waals surface area contributed by atoms with Crippen molar-refractivity contribution in [3.05, 3.63) is 29.0 Å². The van der Waals surface area contributed by atoms with Gasteiger partial charge in [-0.2, -0.15) is 5.10 Å². The number of aliphatic hydroxyl groups is 1. The van der Waals surface area contributed by atoms with Crippen molar-refractivity contribution in [2.75, 3.05) is 6.54 Å². The number of aliphatic hydroxyl groups excluding tert-OH is 1. The molecule has 2 heterocycles. The van der Waals surface area contributed by atoms with Gasteiger partial charge in [0.1, 0.15) is 11.0 Å². The molecule has 7 nitrogen and oxygen atoms in total. The third kappa shape index (κ3) is 3.37. The fourth-order valence-electron chi connectivity index (χ4n) is 2.59. The zero-order chi connectivity index (χ0) is 15.6. The van der Waals surface area contributed by atoms with Crippen LogP contribution < -0.4 is 4.72 Å². The third-order valence-corrected chi connectivity index (χ3v) is 6.09. The minimum Gasteiger partial charge on any atom is -0.386 e. The van der Waals surface area contributed by atoms with Gasteiger partial charge in [0.2, 0.25) is 10.0 Å². The largest absolute Gasteiger partial charge is 0.386 e. The average Bonchev–Trinajstić information content (AvgIpc) is 3.26. The topological polar surface area (TPSA) is 97.1 Å². The van der Waals surface area contributed by atoms with Gasteiger partial charge in [0.05, 0.1) is 22.6 Å². The predicted molar refractivity (Wildman–Crippen MR) is 82.0 cm³/mol. The standard InChI is InChI=1S/C13H18N4O3S2/c18-12(13-7-14-9-21-13)6-16-22(19,20)11-5-15-17(8-11)10-3-1-2-4-10/h5,7-10,12,16,18H,1-4,6H2. The molecule has 0 aromatic carbocycles. The molecule has 0 spiro atoms. The number of hydrogen-bond acceptors (Lipinski definition) is 6. The minimum atomic E-state index is -3.66. The van der Waals surface area contributed by atoms with Gasteiger partial charge in [-0.15, -0.1) is 11.3 Å². The van der Waals surface area contributed by atoms with Gasteiger partial charge in [0.15, 0.2) is 0 Å². The van der Waals surface area contributed by atoms with Crippen molar-refractivity contribution >= 4 is 21.4 Å². The van der Waals surface area contributed by atoms with Crippen molar-refractivity contribution in [3.8, 4) is 0 Å². The summed E-state index contributed by atoms with van der Waals surface area (Å²) < 4.78 is 28.6. The summed E-state index contributed by atoms with van der Waals surface area (Å²) in [5, 5.41) is 14.1. The van der Waals surface area contributed by atoms with E-state index in [1.165, 1.54) is 23.7 Å². The van der Waals surface area contributed by atoms with E-state index < -0.39 is 16.1 Å². The number of sulfonamides is 1. The highest BCUT2D eigenvalue weighted by atomic mass is 32.2. The molecular formula is C13H18N4O3S2. The van der Waals surface area contributed by atoms with E-state index in [0.29, 0.717) is 10.9 Å². The van der Waals surface area contributed by atoms with Crippen LogP contribution in [0.5, 0.6) is 0 Å². The summed E-state index contributed by atoms with van der Waals surface area (Å²) in [5.41, 5.74) is 1.60. The molecule has 0 radical (unpaired) electrons. The lowest BCUT2D eigenvalue weighted by Gasteiger charge is -2.10. The van der Waals surface area contributed by atoms with Gasteiger partial charge in [-0.3, -0.25) is 9.67 Å². The zero-order valence-electron chi connectivity index (χ0n) is 11.9. The first kappa shape index (κ1) is 15.6. The predicted octanol–water partition coefficient (Wildman–Crippen LogP) is 1.47. The SMILES string of the molecule is O=S(=O)(NCC(O)c1cncs1)c1cnn(C2CCCC2)c1. The maximum absolute atomic E-state index is 12.2. The van der Waals surface area contributed by atoms with Crippen molar-refractivity contribution < 1.29 is 13.5 Å². The Kier molecular flexibility index (Phi) is 4.57. The smallest absolute Gasteiger partial charge is 0.243 e. The summed E-state index contributed by atoms with van der Waals surface area (Å²) in [7, 11) is -3.66. The number of nitrogens with zero attached hydrogens (tertiary/aromatic N) is 3. The van der Waals surface area contributed by atoms with Crippen LogP contribution >= 0.6 is 11.3 Å². The third-order valence-electron chi connectivity index (χ3n) is 3.83. The van der Waals surface area contributed by atoms with Crippen LogP contribution in [-0.2, 0) is 10.0 Å². The molecule has 22 heavy (non-hydrogen) atoms. The molecule has 2 aromatic heterocycles.